The molecule has 0 radical (unpaired) electrons. The van der Waals surface area contributed by atoms with Gasteiger partial charge < -0.3 is 5.32 Å². The van der Waals surface area contributed by atoms with E-state index in [1.165, 1.54) is 64.3 Å². The highest BCUT2D eigenvalue weighted by Crippen LogP contribution is 2.36. The van der Waals surface area contributed by atoms with Crippen LogP contribution in [0.3, 0.4) is 0 Å². The molecule has 1 heterocycles. The molecule has 1 saturated carbocycles. The van der Waals surface area contributed by atoms with Crippen LogP contribution in [0.5, 0.6) is 0 Å². The Kier molecular flexibility index (Phi) is 5.42. The number of nitrogens with one attached hydrogen (secondary N) is 1. The molecule has 2 rings (SSSR count). The van der Waals surface area contributed by atoms with Crippen molar-refractivity contribution in [3.8, 4) is 0 Å². The van der Waals surface area contributed by atoms with Gasteiger partial charge in [-0.1, -0.05) is 32.1 Å². The Bertz CT molecular complexity index is 167. The Morgan fingerprint density at radius 1 is 0.933 bits per heavy atom. The molecule has 2 aliphatic rings. The maximum absolute atomic E-state index is 3.79. The smallest absolute Gasteiger partial charge is 0.0181 e. The summed E-state index contributed by atoms with van der Waals surface area (Å²) in [4.78, 5) is 0. The summed E-state index contributed by atoms with van der Waals surface area (Å²) in [6.45, 7) is 3.73. The minimum atomic E-state index is 0. The van der Waals surface area contributed by atoms with Gasteiger partial charge in [-0.15, -0.1) is 12.4 Å². The van der Waals surface area contributed by atoms with Crippen molar-refractivity contribution >= 4 is 12.4 Å². The minimum Gasteiger partial charge on any atom is -0.311 e. The molecular formula is C13H26ClN. The normalized spacial score (nSPS) is 34.2. The molecule has 0 amide bonds. The van der Waals surface area contributed by atoms with Crippen LogP contribution >= 0.6 is 12.4 Å². The van der Waals surface area contributed by atoms with E-state index in [1.807, 2.05) is 0 Å². The highest BCUT2D eigenvalue weighted by atomic mass is 35.5. The van der Waals surface area contributed by atoms with Crippen molar-refractivity contribution in [1.29, 1.82) is 0 Å². The average Bonchev–Trinajstić information content (AvgIpc) is 2.47. The van der Waals surface area contributed by atoms with Crippen LogP contribution in [0.1, 0.15) is 64.7 Å². The molecule has 1 aliphatic carbocycles. The fourth-order valence-corrected chi connectivity index (χ4v) is 3.34. The Balaban J connectivity index is 0.00000112. The molecule has 90 valence electrons. The molecule has 0 aromatic carbocycles. The average molecular weight is 232 g/mol. The standard InChI is InChI=1S/C13H25N.ClH/c1-13(10-6-7-11-14-13)12-8-4-2-3-5-9-12;/h12,14H,2-11H2,1H3;1H. The molecule has 0 aromatic rings. The van der Waals surface area contributed by atoms with E-state index in [1.54, 1.807) is 0 Å². The second-order valence-electron chi connectivity index (χ2n) is 5.49. The molecule has 0 spiro atoms. The largest absolute Gasteiger partial charge is 0.311 e. The fraction of sp³-hybridized carbons (Fsp3) is 1.00. The lowest BCUT2D eigenvalue weighted by Gasteiger charge is -2.41. The number of halogens is 1. The minimum absolute atomic E-state index is 0. The van der Waals surface area contributed by atoms with Crippen molar-refractivity contribution in [1.82, 2.24) is 5.32 Å². The summed E-state index contributed by atoms with van der Waals surface area (Å²) in [6.07, 6.45) is 13.1. The van der Waals surface area contributed by atoms with Crippen molar-refractivity contribution < 1.29 is 0 Å². The van der Waals surface area contributed by atoms with E-state index in [-0.39, 0.29) is 12.4 Å². The van der Waals surface area contributed by atoms with Crippen LogP contribution in [0.25, 0.3) is 0 Å². The van der Waals surface area contributed by atoms with E-state index >= 15 is 0 Å². The number of hydrogen-bond donors (Lipinski definition) is 1. The van der Waals surface area contributed by atoms with Gasteiger partial charge in [-0.3, -0.25) is 0 Å². The first kappa shape index (κ1) is 13.3. The molecule has 1 N–H and O–H groups in total. The summed E-state index contributed by atoms with van der Waals surface area (Å²) < 4.78 is 0. The van der Waals surface area contributed by atoms with Gasteiger partial charge in [0.05, 0.1) is 0 Å². The summed E-state index contributed by atoms with van der Waals surface area (Å²) in [7, 11) is 0. The second kappa shape index (κ2) is 6.10. The van der Waals surface area contributed by atoms with E-state index in [9.17, 15) is 0 Å². The van der Waals surface area contributed by atoms with Crippen LogP contribution in [0, 0.1) is 5.92 Å². The second-order valence-corrected chi connectivity index (χ2v) is 5.49. The maximum Gasteiger partial charge on any atom is 0.0181 e. The summed E-state index contributed by atoms with van der Waals surface area (Å²) >= 11 is 0. The summed E-state index contributed by atoms with van der Waals surface area (Å²) in [6, 6.07) is 0. The van der Waals surface area contributed by atoms with Crippen LogP contribution in [-0.4, -0.2) is 12.1 Å². The van der Waals surface area contributed by atoms with Gasteiger partial charge in [-0.05, 0) is 45.1 Å². The molecule has 15 heavy (non-hydrogen) atoms. The number of rotatable bonds is 1. The van der Waals surface area contributed by atoms with Gasteiger partial charge >= 0.3 is 0 Å². The topological polar surface area (TPSA) is 12.0 Å². The maximum atomic E-state index is 3.79. The molecule has 2 fully saturated rings. The van der Waals surface area contributed by atoms with Crippen molar-refractivity contribution in [2.45, 2.75) is 70.3 Å². The third kappa shape index (κ3) is 3.35. The van der Waals surface area contributed by atoms with Crippen molar-refractivity contribution in [3.63, 3.8) is 0 Å². The molecule has 0 bridgehead atoms. The molecule has 1 aliphatic heterocycles. The Morgan fingerprint density at radius 2 is 1.60 bits per heavy atom. The Morgan fingerprint density at radius 3 is 2.13 bits per heavy atom. The lowest BCUT2D eigenvalue weighted by Crippen LogP contribution is -2.51. The van der Waals surface area contributed by atoms with Crippen molar-refractivity contribution in [2.24, 2.45) is 5.92 Å². The predicted octanol–water partition coefficient (Wildman–Crippen LogP) is 3.91. The Labute approximate surface area is 101 Å². The molecule has 0 aromatic heterocycles. The van der Waals surface area contributed by atoms with Crippen molar-refractivity contribution in [3.05, 3.63) is 0 Å². The van der Waals surface area contributed by atoms with Gasteiger partial charge in [0.2, 0.25) is 0 Å². The lowest BCUT2D eigenvalue weighted by atomic mass is 9.75. The molecule has 1 atom stereocenters. The van der Waals surface area contributed by atoms with Crippen LogP contribution in [-0.2, 0) is 0 Å². The predicted molar refractivity (Wildman–Crippen MR) is 68.7 cm³/mol. The summed E-state index contributed by atoms with van der Waals surface area (Å²) in [5.41, 5.74) is 0.489. The zero-order valence-corrected chi connectivity index (χ0v) is 10.9. The van der Waals surface area contributed by atoms with Crippen LogP contribution < -0.4 is 5.32 Å². The van der Waals surface area contributed by atoms with E-state index in [2.05, 4.69) is 12.2 Å². The third-order valence-corrected chi connectivity index (χ3v) is 4.41. The molecule has 1 saturated heterocycles. The Hall–Kier alpha value is 0.250. The first-order chi connectivity index (χ1) is 6.81. The molecule has 1 unspecified atom stereocenters. The molecule has 2 heteroatoms. The zero-order chi connectivity index (χ0) is 9.86. The van der Waals surface area contributed by atoms with Gasteiger partial charge in [0, 0.05) is 5.54 Å². The fourth-order valence-electron chi connectivity index (χ4n) is 3.34. The monoisotopic (exact) mass is 231 g/mol. The van der Waals surface area contributed by atoms with Gasteiger partial charge in [-0.25, -0.2) is 0 Å². The first-order valence-corrected chi connectivity index (χ1v) is 6.56. The van der Waals surface area contributed by atoms with Gasteiger partial charge in [0.25, 0.3) is 0 Å². The highest BCUT2D eigenvalue weighted by molar-refractivity contribution is 5.85. The van der Waals surface area contributed by atoms with Crippen LogP contribution in [0.2, 0.25) is 0 Å². The van der Waals surface area contributed by atoms with Gasteiger partial charge in [0.1, 0.15) is 0 Å². The van der Waals surface area contributed by atoms with Crippen molar-refractivity contribution in [2.75, 3.05) is 6.54 Å². The van der Waals surface area contributed by atoms with Gasteiger partial charge in [-0.2, -0.15) is 0 Å². The van der Waals surface area contributed by atoms with Crippen LogP contribution in [0.15, 0.2) is 0 Å². The van der Waals surface area contributed by atoms with E-state index in [4.69, 9.17) is 0 Å². The number of piperidine rings is 1. The van der Waals surface area contributed by atoms with Gasteiger partial charge in [0.15, 0.2) is 0 Å². The molecule has 1 nitrogen and oxygen atoms in total. The SMILES string of the molecule is CC1(C2CCCCCC2)CCCCN1.Cl. The zero-order valence-electron chi connectivity index (χ0n) is 10.1. The van der Waals surface area contributed by atoms with E-state index in [0.717, 1.165) is 5.92 Å². The third-order valence-electron chi connectivity index (χ3n) is 4.41. The van der Waals surface area contributed by atoms with E-state index < -0.39 is 0 Å². The highest BCUT2D eigenvalue weighted by Gasteiger charge is 2.34. The number of hydrogen-bond acceptors (Lipinski definition) is 1. The first-order valence-electron chi connectivity index (χ1n) is 6.56. The van der Waals surface area contributed by atoms with Crippen LogP contribution in [0.4, 0.5) is 0 Å². The molecular weight excluding hydrogens is 206 g/mol. The summed E-state index contributed by atoms with van der Waals surface area (Å²) in [5, 5.41) is 3.79. The lowest BCUT2D eigenvalue weighted by molar-refractivity contribution is 0.165. The van der Waals surface area contributed by atoms with E-state index in [0.29, 0.717) is 5.54 Å². The summed E-state index contributed by atoms with van der Waals surface area (Å²) in [5.74, 6) is 0.963. The quantitative estimate of drug-likeness (QED) is 0.675.